The zero-order chi connectivity index (χ0) is 4.83. The molecule has 0 N–H and O–H groups in total. The van der Waals surface area contributed by atoms with E-state index in [9.17, 15) is 0 Å². The van der Waals surface area contributed by atoms with Crippen molar-refractivity contribution in [2.45, 2.75) is 6.42 Å². The SMILES string of the molecule is N#CCC#[N+][O-]. The largest absolute Gasteiger partial charge is 0.498 e. The summed E-state index contributed by atoms with van der Waals surface area (Å²) in [6.07, 6.45) is -0.0104. The van der Waals surface area contributed by atoms with Crippen LogP contribution >= 0.6 is 0 Å². The van der Waals surface area contributed by atoms with Crippen LogP contribution in [-0.2, 0) is 0 Å². The molecule has 0 fully saturated rings. The molecule has 0 aliphatic carbocycles. The van der Waals surface area contributed by atoms with E-state index in [4.69, 9.17) is 10.5 Å². The fourth-order valence-corrected chi connectivity index (χ4v) is 0.0676. The molecule has 0 saturated heterocycles. The van der Waals surface area contributed by atoms with Crippen molar-refractivity contribution in [1.82, 2.24) is 0 Å². The molecule has 3 heteroatoms. The monoisotopic (exact) mass is 82.0 g/mol. The topological polar surface area (TPSA) is 51.2 Å². The van der Waals surface area contributed by atoms with Gasteiger partial charge in [0, 0.05) is 5.01 Å². The zero-order valence-corrected chi connectivity index (χ0v) is 3.01. The number of nitriles is 1. The van der Waals surface area contributed by atoms with Gasteiger partial charge in [0.05, 0.1) is 6.07 Å². The smallest absolute Gasteiger partial charge is 0.313 e. The second-order valence-corrected chi connectivity index (χ2v) is 0.584. The lowest BCUT2D eigenvalue weighted by atomic mass is 10.5. The first-order valence-electron chi connectivity index (χ1n) is 1.34. The van der Waals surface area contributed by atoms with Crippen molar-refractivity contribution in [2.75, 3.05) is 0 Å². The van der Waals surface area contributed by atoms with Gasteiger partial charge in [-0.15, -0.1) is 0 Å². The fraction of sp³-hybridized carbons (Fsp3) is 0.333. The molecule has 0 unspecified atom stereocenters. The van der Waals surface area contributed by atoms with Crippen LogP contribution in [0.5, 0.6) is 0 Å². The Kier molecular flexibility index (Phi) is 3.01. The first kappa shape index (κ1) is 4.78. The van der Waals surface area contributed by atoms with Gasteiger partial charge < -0.3 is 5.21 Å². The lowest BCUT2D eigenvalue weighted by molar-refractivity contribution is 1.39. The second-order valence-electron chi connectivity index (χ2n) is 0.584. The van der Waals surface area contributed by atoms with Crippen molar-refractivity contribution in [3.8, 4) is 12.1 Å². The summed E-state index contributed by atoms with van der Waals surface area (Å²) >= 11 is 0. The van der Waals surface area contributed by atoms with Crippen LogP contribution in [0.1, 0.15) is 6.42 Å². The van der Waals surface area contributed by atoms with Gasteiger partial charge in [0.25, 0.3) is 0 Å². The molecule has 0 aliphatic heterocycles. The van der Waals surface area contributed by atoms with E-state index in [-0.39, 0.29) is 6.42 Å². The van der Waals surface area contributed by atoms with Crippen molar-refractivity contribution in [3.63, 3.8) is 0 Å². The minimum absolute atomic E-state index is 0.0104. The average molecular weight is 82.1 g/mol. The molecule has 0 radical (unpaired) electrons. The van der Waals surface area contributed by atoms with Crippen LogP contribution in [0, 0.1) is 22.6 Å². The van der Waals surface area contributed by atoms with Crippen LogP contribution in [0.15, 0.2) is 0 Å². The van der Waals surface area contributed by atoms with Gasteiger partial charge >= 0.3 is 6.07 Å². The van der Waals surface area contributed by atoms with Crippen LogP contribution in [0.3, 0.4) is 0 Å². The average Bonchev–Trinajstić information content (AvgIpc) is 1.61. The molecule has 0 heterocycles. The molecule has 0 spiro atoms. The molecular weight excluding hydrogens is 80.0 g/mol. The Morgan fingerprint density at radius 1 is 1.83 bits per heavy atom. The number of hydrogen-bond acceptors (Lipinski definition) is 2. The molecule has 0 bridgehead atoms. The van der Waals surface area contributed by atoms with Gasteiger partial charge in [-0.05, 0) is 0 Å². The molecule has 3 nitrogen and oxygen atoms in total. The van der Waals surface area contributed by atoms with Crippen molar-refractivity contribution in [1.29, 1.82) is 5.26 Å². The van der Waals surface area contributed by atoms with Crippen molar-refractivity contribution in [2.24, 2.45) is 0 Å². The molecule has 30 valence electrons. The summed E-state index contributed by atoms with van der Waals surface area (Å²) in [6, 6.07) is 3.57. The minimum Gasteiger partial charge on any atom is -0.498 e. The van der Waals surface area contributed by atoms with E-state index in [1.165, 1.54) is 0 Å². The van der Waals surface area contributed by atoms with Crippen LogP contribution in [0.25, 0.3) is 5.01 Å². The molecule has 0 aliphatic rings. The summed E-state index contributed by atoms with van der Waals surface area (Å²) in [5.74, 6) is 0. The molecule has 0 aromatic carbocycles. The standard InChI is InChI=1S/C3H2N2O/c4-2-1-3-5-6/h1H2. The first-order chi connectivity index (χ1) is 2.91. The Labute approximate surface area is 35.2 Å². The van der Waals surface area contributed by atoms with Gasteiger partial charge in [-0.1, -0.05) is 0 Å². The van der Waals surface area contributed by atoms with Crippen LogP contribution in [-0.4, -0.2) is 0 Å². The molecule has 0 aromatic rings. The summed E-state index contributed by atoms with van der Waals surface area (Å²) in [6.45, 7) is 0. The highest BCUT2D eigenvalue weighted by atomic mass is 16.4. The van der Waals surface area contributed by atoms with Crippen LogP contribution < -0.4 is 0 Å². The maximum absolute atomic E-state index is 9.05. The molecule has 0 aromatic heterocycles. The Bertz CT molecular complexity index is 113. The lowest BCUT2D eigenvalue weighted by Crippen LogP contribution is -1.49. The van der Waals surface area contributed by atoms with Gasteiger partial charge in [-0.3, -0.25) is 0 Å². The van der Waals surface area contributed by atoms with Crippen molar-refractivity contribution < 1.29 is 0 Å². The van der Waals surface area contributed by atoms with Crippen LogP contribution in [0.2, 0.25) is 0 Å². The first-order valence-corrected chi connectivity index (χ1v) is 1.34. The van der Waals surface area contributed by atoms with E-state index in [0.717, 1.165) is 0 Å². The van der Waals surface area contributed by atoms with E-state index >= 15 is 0 Å². The van der Waals surface area contributed by atoms with Gasteiger partial charge in [0.1, 0.15) is 0 Å². The Hall–Kier alpha value is -1.22. The summed E-state index contributed by atoms with van der Waals surface area (Å²) in [4.78, 5) is 0. The maximum atomic E-state index is 9.05. The molecule has 0 amide bonds. The third-order valence-electron chi connectivity index (χ3n) is 0.223. The normalized spacial score (nSPS) is 4.50. The highest BCUT2D eigenvalue weighted by Gasteiger charge is 1.73. The highest BCUT2D eigenvalue weighted by molar-refractivity contribution is 4.95. The van der Waals surface area contributed by atoms with Gasteiger partial charge in [-0.25, -0.2) is 0 Å². The molecular formula is C3H2N2O. The second kappa shape index (κ2) is 3.78. The number of rotatable bonds is 0. The van der Waals surface area contributed by atoms with Gasteiger partial charge in [0.15, 0.2) is 6.42 Å². The van der Waals surface area contributed by atoms with Crippen molar-refractivity contribution in [3.05, 3.63) is 10.2 Å². The third-order valence-corrected chi connectivity index (χ3v) is 0.223. The Morgan fingerprint density at radius 3 is 2.67 bits per heavy atom. The third kappa shape index (κ3) is 2.78. The summed E-state index contributed by atoms with van der Waals surface area (Å²) in [5, 5.41) is 18.9. The predicted octanol–water partition coefficient (Wildman–Crippen LogP) is 0.731. The Morgan fingerprint density at radius 2 is 2.50 bits per heavy atom. The summed E-state index contributed by atoms with van der Waals surface area (Å²) in [7, 11) is 0. The van der Waals surface area contributed by atoms with E-state index in [1.54, 1.807) is 6.07 Å². The van der Waals surface area contributed by atoms with E-state index < -0.39 is 0 Å². The molecule has 0 saturated carbocycles. The fourth-order valence-electron chi connectivity index (χ4n) is 0.0676. The summed E-state index contributed by atoms with van der Waals surface area (Å²) < 4.78 is 0. The van der Waals surface area contributed by atoms with Crippen LogP contribution in [0.4, 0.5) is 0 Å². The number of nitrogens with zero attached hydrogens (tertiary/aromatic N) is 2. The highest BCUT2D eigenvalue weighted by Crippen LogP contribution is 1.66. The number of hydrogen-bond donors (Lipinski definition) is 0. The quantitative estimate of drug-likeness (QED) is 0.404. The molecule has 6 heavy (non-hydrogen) atoms. The van der Waals surface area contributed by atoms with E-state index in [0.29, 0.717) is 0 Å². The van der Waals surface area contributed by atoms with Crippen molar-refractivity contribution >= 4 is 0 Å². The predicted molar refractivity (Wildman–Crippen MR) is 20.8 cm³/mol. The maximum Gasteiger partial charge on any atom is 0.313 e. The lowest BCUT2D eigenvalue weighted by Gasteiger charge is -1.49. The van der Waals surface area contributed by atoms with E-state index in [2.05, 4.69) is 5.01 Å². The zero-order valence-electron chi connectivity index (χ0n) is 3.01. The molecule has 0 atom stereocenters. The van der Waals surface area contributed by atoms with E-state index in [1.807, 2.05) is 6.07 Å². The van der Waals surface area contributed by atoms with Gasteiger partial charge in [-0.2, -0.15) is 5.26 Å². The molecule has 0 rings (SSSR count). The Balaban J connectivity index is 3.07. The van der Waals surface area contributed by atoms with Gasteiger partial charge in [0.2, 0.25) is 0 Å². The summed E-state index contributed by atoms with van der Waals surface area (Å²) in [5.41, 5.74) is 0. The minimum atomic E-state index is -0.0104.